The maximum Gasteiger partial charge on any atom is 0.225 e. The van der Waals surface area contributed by atoms with Crippen molar-refractivity contribution in [2.75, 3.05) is 30.8 Å². The van der Waals surface area contributed by atoms with E-state index in [-0.39, 0.29) is 0 Å². The summed E-state index contributed by atoms with van der Waals surface area (Å²) in [5.41, 5.74) is 6.78. The maximum atomic E-state index is 6.11. The first-order chi connectivity index (χ1) is 11.5. The van der Waals surface area contributed by atoms with E-state index in [0.29, 0.717) is 35.3 Å². The minimum atomic E-state index is 0.326. The van der Waals surface area contributed by atoms with Gasteiger partial charge in [0.2, 0.25) is 11.8 Å². The number of furan rings is 1. The van der Waals surface area contributed by atoms with E-state index in [2.05, 4.69) is 45.8 Å². The Kier molecular flexibility index (Phi) is 3.42. The lowest BCUT2D eigenvalue weighted by Crippen LogP contribution is -2.55. The van der Waals surface area contributed by atoms with E-state index in [1.807, 2.05) is 12.1 Å². The molecule has 0 amide bonds. The molecule has 0 radical (unpaired) electrons. The van der Waals surface area contributed by atoms with Gasteiger partial charge >= 0.3 is 0 Å². The van der Waals surface area contributed by atoms with Crippen molar-refractivity contribution >= 4 is 17.4 Å². The number of hydrogen-bond acceptors (Lipinski definition) is 7. The number of nitrogen functional groups attached to an aromatic ring is 1. The summed E-state index contributed by atoms with van der Waals surface area (Å²) in [6, 6.07) is 6.46. The van der Waals surface area contributed by atoms with Crippen molar-refractivity contribution < 1.29 is 4.42 Å². The number of hydrogen-bond donors (Lipinski definition) is 1. The van der Waals surface area contributed by atoms with Crippen LogP contribution < -0.4 is 10.6 Å². The zero-order valence-electron chi connectivity index (χ0n) is 14.0. The predicted octanol–water partition coefficient (Wildman–Crippen LogP) is 1.50. The van der Waals surface area contributed by atoms with Gasteiger partial charge in [0.25, 0.3) is 0 Å². The lowest BCUT2D eigenvalue weighted by Gasteiger charge is -2.42. The van der Waals surface area contributed by atoms with E-state index in [1.165, 1.54) is 0 Å². The van der Waals surface area contributed by atoms with E-state index in [9.17, 15) is 0 Å². The van der Waals surface area contributed by atoms with Crippen LogP contribution in [0.3, 0.4) is 0 Å². The molecule has 3 aromatic rings. The molecule has 0 aromatic carbocycles. The SMILES string of the molecule is C[C@@H]1CN(c2cc3nc(-c4ccco4)nn3c(N)n2)C[C@H](C)N1C. The molecule has 0 spiro atoms. The molecule has 1 aliphatic rings. The first kappa shape index (κ1) is 14.9. The van der Waals surface area contributed by atoms with Gasteiger partial charge in [-0.25, -0.2) is 4.98 Å². The summed E-state index contributed by atoms with van der Waals surface area (Å²) in [4.78, 5) is 13.7. The highest BCUT2D eigenvalue weighted by Gasteiger charge is 2.28. The van der Waals surface area contributed by atoms with Crippen molar-refractivity contribution in [3.05, 3.63) is 24.5 Å². The molecule has 126 valence electrons. The molecule has 2 atom stereocenters. The van der Waals surface area contributed by atoms with Crippen molar-refractivity contribution in [2.45, 2.75) is 25.9 Å². The fourth-order valence-corrected chi connectivity index (χ4v) is 3.16. The molecule has 2 N–H and O–H groups in total. The fourth-order valence-electron chi connectivity index (χ4n) is 3.16. The number of likely N-dealkylation sites (N-methyl/N-ethyl adjacent to an activating group) is 1. The Morgan fingerprint density at radius 3 is 2.62 bits per heavy atom. The first-order valence-corrected chi connectivity index (χ1v) is 8.07. The molecule has 4 heterocycles. The Hall–Kier alpha value is -2.61. The summed E-state index contributed by atoms with van der Waals surface area (Å²) in [6.45, 7) is 6.25. The van der Waals surface area contributed by atoms with Crippen molar-refractivity contribution in [3.63, 3.8) is 0 Å². The molecule has 8 nitrogen and oxygen atoms in total. The second-order valence-electron chi connectivity index (χ2n) is 6.42. The van der Waals surface area contributed by atoms with Gasteiger partial charge in [0.05, 0.1) is 6.26 Å². The third kappa shape index (κ3) is 2.39. The van der Waals surface area contributed by atoms with Crippen LogP contribution in [0.4, 0.5) is 11.8 Å². The van der Waals surface area contributed by atoms with Gasteiger partial charge in [-0.1, -0.05) is 0 Å². The van der Waals surface area contributed by atoms with Gasteiger partial charge in [-0.3, -0.25) is 4.90 Å². The number of fused-ring (bicyclic) bond motifs is 1. The van der Waals surface area contributed by atoms with Gasteiger partial charge in [-0.15, -0.1) is 5.10 Å². The van der Waals surface area contributed by atoms with Crippen molar-refractivity contribution in [3.8, 4) is 11.6 Å². The predicted molar refractivity (Wildman–Crippen MR) is 91.8 cm³/mol. The molecule has 0 bridgehead atoms. The van der Waals surface area contributed by atoms with Crippen LogP contribution in [-0.4, -0.2) is 56.7 Å². The van der Waals surface area contributed by atoms with Gasteiger partial charge in [0, 0.05) is 31.2 Å². The summed E-state index contributed by atoms with van der Waals surface area (Å²) in [7, 11) is 2.16. The molecule has 3 aromatic heterocycles. The Bertz CT molecular complexity index is 845. The number of aromatic nitrogens is 4. The normalized spacial score (nSPS) is 22.4. The van der Waals surface area contributed by atoms with Gasteiger partial charge in [-0.05, 0) is 33.0 Å². The highest BCUT2D eigenvalue weighted by atomic mass is 16.3. The third-order valence-electron chi connectivity index (χ3n) is 4.76. The number of anilines is 2. The molecule has 1 fully saturated rings. The minimum absolute atomic E-state index is 0.326. The number of rotatable bonds is 2. The molecule has 0 aliphatic carbocycles. The Balaban J connectivity index is 1.72. The zero-order valence-corrected chi connectivity index (χ0v) is 14.0. The molecule has 8 heteroatoms. The van der Waals surface area contributed by atoms with Crippen LogP contribution in [0.15, 0.2) is 28.9 Å². The Labute approximate surface area is 139 Å². The minimum Gasteiger partial charge on any atom is -0.461 e. The molecule has 0 unspecified atom stereocenters. The quantitative estimate of drug-likeness (QED) is 0.763. The van der Waals surface area contributed by atoms with Crippen LogP contribution in [0.5, 0.6) is 0 Å². The fraction of sp³-hybridized carbons (Fsp3) is 0.438. The van der Waals surface area contributed by atoms with Crippen LogP contribution in [0.2, 0.25) is 0 Å². The highest BCUT2D eigenvalue weighted by Crippen LogP contribution is 2.24. The van der Waals surface area contributed by atoms with E-state index in [0.717, 1.165) is 18.9 Å². The number of nitrogens with zero attached hydrogens (tertiary/aromatic N) is 6. The van der Waals surface area contributed by atoms with Crippen LogP contribution in [0.1, 0.15) is 13.8 Å². The largest absolute Gasteiger partial charge is 0.461 e. The lowest BCUT2D eigenvalue weighted by atomic mass is 10.1. The topological polar surface area (TPSA) is 88.7 Å². The van der Waals surface area contributed by atoms with Crippen LogP contribution in [-0.2, 0) is 0 Å². The van der Waals surface area contributed by atoms with Gasteiger partial charge in [0.1, 0.15) is 5.82 Å². The van der Waals surface area contributed by atoms with Crippen molar-refractivity contribution in [1.29, 1.82) is 0 Å². The van der Waals surface area contributed by atoms with E-state index < -0.39 is 0 Å². The number of nitrogens with two attached hydrogens (primary N) is 1. The molecule has 1 saturated heterocycles. The summed E-state index contributed by atoms with van der Waals surface area (Å²) < 4.78 is 6.91. The van der Waals surface area contributed by atoms with Crippen molar-refractivity contribution in [2.24, 2.45) is 0 Å². The van der Waals surface area contributed by atoms with Gasteiger partial charge in [-0.2, -0.15) is 9.50 Å². The summed E-state index contributed by atoms with van der Waals surface area (Å²) >= 11 is 0. The van der Waals surface area contributed by atoms with Crippen LogP contribution in [0, 0.1) is 0 Å². The summed E-state index contributed by atoms with van der Waals surface area (Å²) in [5.74, 6) is 2.28. The van der Waals surface area contributed by atoms with Gasteiger partial charge < -0.3 is 15.1 Å². The third-order valence-corrected chi connectivity index (χ3v) is 4.76. The Morgan fingerprint density at radius 1 is 1.21 bits per heavy atom. The Morgan fingerprint density at radius 2 is 1.96 bits per heavy atom. The smallest absolute Gasteiger partial charge is 0.225 e. The van der Waals surface area contributed by atoms with Crippen LogP contribution in [0.25, 0.3) is 17.2 Å². The molecule has 4 rings (SSSR count). The molecule has 0 saturated carbocycles. The van der Waals surface area contributed by atoms with Gasteiger partial charge in [0.15, 0.2) is 11.4 Å². The van der Waals surface area contributed by atoms with E-state index >= 15 is 0 Å². The lowest BCUT2D eigenvalue weighted by molar-refractivity contribution is 0.169. The molecule has 24 heavy (non-hydrogen) atoms. The molecular formula is C16H21N7O. The maximum absolute atomic E-state index is 6.11. The number of piperazine rings is 1. The second-order valence-corrected chi connectivity index (χ2v) is 6.42. The van der Waals surface area contributed by atoms with Crippen molar-refractivity contribution in [1.82, 2.24) is 24.5 Å². The monoisotopic (exact) mass is 327 g/mol. The average Bonchev–Trinajstić information content (AvgIpc) is 3.20. The van der Waals surface area contributed by atoms with E-state index in [1.54, 1.807) is 16.8 Å². The molecule has 1 aliphatic heterocycles. The highest BCUT2D eigenvalue weighted by molar-refractivity contribution is 5.59. The zero-order chi connectivity index (χ0) is 16.8. The summed E-state index contributed by atoms with van der Waals surface area (Å²) in [6.07, 6.45) is 1.60. The average molecular weight is 327 g/mol. The second kappa shape index (κ2) is 5.48. The standard InChI is InChI=1S/C16H21N7O/c1-10-8-22(9-11(2)21(10)3)13-7-14-18-15(12-5-4-6-24-12)20-23(14)16(17)19-13/h4-7,10-11H,8-9H2,1-3H3,(H2,17,19)/t10-,11+. The van der Waals surface area contributed by atoms with Crippen LogP contribution >= 0.6 is 0 Å². The van der Waals surface area contributed by atoms with E-state index in [4.69, 9.17) is 10.2 Å². The first-order valence-electron chi connectivity index (χ1n) is 8.07. The summed E-state index contributed by atoms with van der Waals surface area (Å²) in [5, 5.41) is 4.38. The molecular weight excluding hydrogens is 306 g/mol.